The van der Waals surface area contributed by atoms with Gasteiger partial charge in [0.25, 0.3) is 16.7 Å². The van der Waals surface area contributed by atoms with E-state index >= 15 is 0 Å². The molecule has 280 valence electrons. The van der Waals surface area contributed by atoms with E-state index in [1.165, 1.54) is 0 Å². The van der Waals surface area contributed by atoms with Crippen LogP contribution in [0.5, 0.6) is 5.75 Å². The molecule has 11 nitrogen and oxygen atoms in total. The maximum atomic E-state index is 14.1. The quantitative estimate of drug-likeness (QED) is 0.0901. The molecule has 7 rings (SSSR count). The molecule has 1 N–H and O–H groups in total. The summed E-state index contributed by atoms with van der Waals surface area (Å²) in [6.45, 7) is 0.710. The third-order valence-electron chi connectivity index (χ3n) is 9.19. The van der Waals surface area contributed by atoms with Crippen LogP contribution < -0.4 is 10.1 Å². The van der Waals surface area contributed by atoms with Crippen molar-refractivity contribution in [3.8, 4) is 16.9 Å². The first-order valence-electron chi connectivity index (χ1n) is 17.4. The number of rotatable bonds is 13. The lowest BCUT2D eigenvalue weighted by Gasteiger charge is -2.18. The van der Waals surface area contributed by atoms with Crippen molar-refractivity contribution >= 4 is 53.5 Å². The largest absolute Gasteiger partial charge is 0.489 e. The first-order chi connectivity index (χ1) is 27.0. The molecule has 13 heteroatoms. The molecule has 0 aliphatic rings. The lowest BCUT2D eigenvalue weighted by Crippen LogP contribution is -2.45. The van der Waals surface area contributed by atoms with Gasteiger partial charge in [-0.25, -0.2) is 13.4 Å². The summed E-state index contributed by atoms with van der Waals surface area (Å²) in [5.74, 6) is -0.120. The Hall–Kier alpha value is -6.44. The van der Waals surface area contributed by atoms with Gasteiger partial charge in [-0.2, -0.15) is 0 Å². The number of amides is 1. The van der Waals surface area contributed by atoms with Crippen LogP contribution in [0.2, 0.25) is 0 Å². The molecule has 0 radical (unpaired) electrons. The fourth-order valence-electron chi connectivity index (χ4n) is 6.24. The average Bonchev–Trinajstić information content (AvgIpc) is 3.59. The highest BCUT2D eigenvalue weighted by Gasteiger charge is 2.35. The molecule has 0 aliphatic carbocycles. The number of fused-ring (bicyclic) bond motifs is 1. The zero-order valence-corrected chi connectivity index (χ0v) is 32.0. The second kappa shape index (κ2) is 16.5. The standard InChI is InChI=1S/C43H33BrN4O7S/c44-34-16-10-31(11-17-34)28-55-36-20-12-29(13-21-36)25-40(43(50)56(53,54)37-22-18-35(19-23-37)48(51)52)46-42(49)39-27-47(41-38(39)7-4-24-45-41)26-30-8-14-33(15-9-30)32-5-2-1-3-6-32/h1-24,27,40H,25-26,28H2,(H,46,49)/t40-/m0/s1. The predicted octanol–water partition coefficient (Wildman–Crippen LogP) is 8.34. The predicted molar refractivity (Wildman–Crippen MR) is 216 cm³/mol. The van der Waals surface area contributed by atoms with Crippen molar-refractivity contribution in [1.82, 2.24) is 14.9 Å². The fourth-order valence-corrected chi connectivity index (χ4v) is 7.75. The number of pyridine rings is 1. The van der Waals surface area contributed by atoms with Crippen LogP contribution in [0.4, 0.5) is 5.69 Å². The average molecular weight is 830 g/mol. The maximum absolute atomic E-state index is 14.1. The van der Waals surface area contributed by atoms with Gasteiger partial charge in [0.05, 0.1) is 15.4 Å². The van der Waals surface area contributed by atoms with Gasteiger partial charge in [0.15, 0.2) is 0 Å². The number of nitrogens with zero attached hydrogens (tertiary/aromatic N) is 3. The number of carbonyl (C=O) groups excluding carboxylic acids is 2. The molecular weight excluding hydrogens is 796 g/mol. The number of non-ortho nitro benzene ring substituents is 1. The van der Waals surface area contributed by atoms with Crippen LogP contribution in [0.3, 0.4) is 0 Å². The number of nitro groups is 1. The number of nitro benzene ring substituents is 1. The molecule has 0 saturated heterocycles. The van der Waals surface area contributed by atoms with Gasteiger partial charge in [-0.1, -0.05) is 94.8 Å². The van der Waals surface area contributed by atoms with Gasteiger partial charge < -0.3 is 14.6 Å². The normalized spacial score (nSPS) is 11.9. The van der Waals surface area contributed by atoms with Gasteiger partial charge in [-0.15, -0.1) is 0 Å². The highest BCUT2D eigenvalue weighted by molar-refractivity contribution is 9.10. The third-order valence-corrected chi connectivity index (χ3v) is 11.4. The second-order valence-electron chi connectivity index (χ2n) is 13.0. The van der Waals surface area contributed by atoms with E-state index in [-0.39, 0.29) is 17.7 Å². The molecule has 1 amide bonds. The molecule has 5 aromatic carbocycles. The molecule has 2 aromatic heterocycles. The van der Waals surface area contributed by atoms with Crippen molar-refractivity contribution in [2.75, 3.05) is 0 Å². The van der Waals surface area contributed by atoms with Crippen molar-refractivity contribution in [2.24, 2.45) is 0 Å². The zero-order chi connectivity index (χ0) is 39.2. The van der Waals surface area contributed by atoms with Gasteiger partial charge in [-0.05, 0) is 76.3 Å². The first-order valence-corrected chi connectivity index (χ1v) is 19.7. The molecule has 7 aromatic rings. The number of hydrogen-bond donors (Lipinski definition) is 1. The minimum atomic E-state index is -4.70. The molecule has 0 spiro atoms. The molecule has 56 heavy (non-hydrogen) atoms. The van der Waals surface area contributed by atoms with Gasteiger partial charge in [-0.3, -0.25) is 19.7 Å². The van der Waals surface area contributed by atoms with Gasteiger partial charge in [0, 0.05) is 47.4 Å². The number of sulfone groups is 1. The van der Waals surface area contributed by atoms with E-state index in [1.54, 1.807) is 48.8 Å². The fraction of sp³-hybridized carbons (Fsp3) is 0.0930. The third kappa shape index (κ3) is 8.59. The molecule has 2 heterocycles. The smallest absolute Gasteiger partial charge is 0.273 e. The summed E-state index contributed by atoms with van der Waals surface area (Å²) in [5.41, 5.74) is 5.04. The van der Waals surface area contributed by atoms with E-state index in [0.29, 0.717) is 35.5 Å². The summed E-state index contributed by atoms with van der Waals surface area (Å²) in [7, 11) is -4.70. The van der Waals surface area contributed by atoms with Gasteiger partial charge >= 0.3 is 0 Å². The van der Waals surface area contributed by atoms with E-state index in [0.717, 1.165) is 51.0 Å². The molecule has 0 bridgehead atoms. The SMILES string of the molecule is O=C(N[C@@H](Cc1ccc(OCc2ccc(Br)cc2)cc1)C(=O)S(=O)(=O)c1ccc([N+](=O)[O-])cc1)c1cn(Cc2ccc(-c3ccccc3)cc2)c2ncccc12. The Morgan fingerprint density at radius 1 is 0.786 bits per heavy atom. The number of benzene rings is 5. The second-order valence-corrected chi connectivity index (χ2v) is 15.8. The van der Waals surface area contributed by atoms with Crippen LogP contribution in [0.25, 0.3) is 22.2 Å². The van der Waals surface area contributed by atoms with Crippen LogP contribution in [0, 0.1) is 10.1 Å². The van der Waals surface area contributed by atoms with E-state index < -0.39 is 36.7 Å². The summed E-state index contributed by atoms with van der Waals surface area (Å²) in [5, 5.41) is 13.1. The van der Waals surface area contributed by atoms with E-state index in [2.05, 4.69) is 26.2 Å². The first kappa shape index (κ1) is 37.9. The molecule has 0 aliphatic heterocycles. The topological polar surface area (TPSA) is 150 Å². The molecule has 0 saturated carbocycles. The summed E-state index contributed by atoms with van der Waals surface area (Å²) in [6, 6.07) is 38.5. The van der Waals surface area contributed by atoms with Crippen molar-refractivity contribution in [3.63, 3.8) is 0 Å². The van der Waals surface area contributed by atoms with Crippen LogP contribution in [0.1, 0.15) is 27.0 Å². The van der Waals surface area contributed by atoms with Gasteiger partial charge in [0.2, 0.25) is 9.84 Å². The molecule has 1 atom stereocenters. The Balaban J connectivity index is 1.15. The minimum Gasteiger partial charge on any atom is -0.489 e. The Bertz CT molecular complexity index is 2630. The van der Waals surface area contributed by atoms with Crippen LogP contribution in [-0.2, 0) is 34.2 Å². The highest BCUT2D eigenvalue weighted by atomic mass is 79.9. The number of hydrogen-bond acceptors (Lipinski definition) is 8. The number of carbonyl (C=O) groups is 2. The van der Waals surface area contributed by atoms with E-state index in [9.17, 15) is 28.1 Å². The summed E-state index contributed by atoms with van der Waals surface area (Å²) >= 11 is 3.42. The van der Waals surface area contributed by atoms with Crippen molar-refractivity contribution in [1.29, 1.82) is 0 Å². The Morgan fingerprint density at radius 3 is 2.11 bits per heavy atom. The van der Waals surface area contributed by atoms with E-state index in [4.69, 9.17) is 4.74 Å². The minimum absolute atomic E-state index is 0.172. The number of ether oxygens (including phenoxy) is 1. The maximum Gasteiger partial charge on any atom is 0.273 e. The van der Waals surface area contributed by atoms with Crippen molar-refractivity contribution < 1.29 is 27.7 Å². The van der Waals surface area contributed by atoms with Crippen LogP contribution >= 0.6 is 15.9 Å². The van der Waals surface area contributed by atoms with Crippen molar-refractivity contribution in [3.05, 3.63) is 189 Å². The Kier molecular flexibility index (Phi) is 11.2. The van der Waals surface area contributed by atoms with Gasteiger partial charge in [0.1, 0.15) is 24.0 Å². The Labute approximate surface area is 330 Å². The monoisotopic (exact) mass is 828 g/mol. The van der Waals surface area contributed by atoms with Crippen LogP contribution in [-0.4, -0.2) is 40.0 Å². The molecule has 0 fully saturated rings. The molecular formula is C43H33BrN4O7S. The number of aromatic nitrogens is 2. The summed E-state index contributed by atoms with van der Waals surface area (Å²) < 4.78 is 36.1. The number of halogens is 1. The number of nitrogens with one attached hydrogen (secondary N) is 1. The van der Waals surface area contributed by atoms with Crippen molar-refractivity contribution in [2.45, 2.75) is 30.5 Å². The summed E-state index contributed by atoms with van der Waals surface area (Å²) in [4.78, 5) is 42.7. The van der Waals surface area contributed by atoms with E-state index in [1.807, 2.05) is 83.4 Å². The Morgan fingerprint density at radius 2 is 1.43 bits per heavy atom. The molecule has 0 unspecified atom stereocenters. The van der Waals surface area contributed by atoms with Crippen LogP contribution in [0.15, 0.2) is 161 Å². The highest BCUT2D eigenvalue weighted by Crippen LogP contribution is 2.25. The lowest BCUT2D eigenvalue weighted by atomic mass is 10.0. The zero-order valence-electron chi connectivity index (χ0n) is 29.6. The lowest BCUT2D eigenvalue weighted by molar-refractivity contribution is -0.384. The summed E-state index contributed by atoms with van der Waals surface area (Å²) in [6.07, 6.45) is 3.09.